The van der Waals surface area contributed by atoms with Gasteiger partial charge in [-0.15, -0.1) is 0 Å². The summed E-state index contributed by atoms with van der Waals surface area (Å²) in [6.07, 6.45) is 15.4. The fourth-order valence-corrected chi connectivity index (χ4v) is 2.81. The summed E-state index contributed by atoms with van der Waals surface area (Å²) in [5, 5.41) is 2.25. The first kappa shape index (κ1) is 14.0. The van der Waals surface area contributed by atoms with Gasteiger partial charge in [-0.2, -0.15) is 11.1 Å². The third-order valence-corrected chi connectivity index (χ3v) is 3.97. The number of nitrogens with zero attached hydrogens (tertiary/aromatic N) is 1. The van der Waals surface area contributed by atoms with Gasteiger partial charge in [0.05, 0.1) is 0 Å². The Labute approximate surface area is 111 Å². The summed E-state index contributed by atoms with van der Waals surface area (Å²) in [6, 6.07) is 0. The number of hydrogen-bond acceptors (Lipinski definition) is 4. The highest BCUT2D eigenvalue weighted by molar-refractivity contribution is 4.86. The van der Waals surface area contributed by atoms with Crippen LogP contribution in [0, 0.1) is 5.92 Å². The molecule has 2 atom stereocenters. The van der Waals surface area contributed by atoms with Crippen LogP contribution in [0.3, 0.4) is 0 Å². The molecule has 0 aliphatic carbocycles. The summed E-state index contributed by atoms with van der Waals surface area (Å²) in [6.45, 7) is 3.14. The molecule has 18 heavy (non-hydrogen) atoms. The van der Waals surface area contributed by atoms with Crippen LogP contribution in [-0.4, -0.2) is 24.6 Å². The smallest absolute Gasteiger partial charge is 0.0325 e. The largest absolute Gasteiger partial charge is 0.243 e. The van der Waals surface area contributed by atoms with Crippen molar-refractivity contribution in [3.63, 3.8) is 0 Å². The number of nitrogens with one attached hydrogen (secondary N) is 3. The van der Waals surface area contributed by atoms with E-state index in [1.54, 1.807) is 0 Å². The van der Waals surface area contributed by atoms with Crippen molar-refractivity contribution in [2.75, 3.05) is 19.6 Å². The van der Waals surface area contributed by atoms with Crippen LogP contribution in [0.1, 0.15) is 51.4 Å². The molecule has 0 radical (unpaired) electrons. The maximum Gasteiger partial charge on any atom is 0.0325 e. The zero-order valence-corrected chi connectivity index (χ0v) is 11.5. The van der Waals surface area contributed by atoms with Gasteiger partial charge >= 0.3 is 0 Å². The summed E-state index contributed by atoms with van der Waals surface area (Å²) in [4.78, 5) is 0. The fourth-order valence-electron chi connectivity index (χ4n) is 2.81. The Morgan fingerprint density at radius 2 is 1.83 bits per heavy atom. The lowest BCUT2D eigenvalue weighted by Gasteiger charge is -2.24. The summed E-state index contributed by atoms with van der Waals surface area (Å²) in [5.41, 5.74) is 9.60. The molecule has 2 unspecified atom stereocenters. The van der Waals surface area contributed by atoms with E-state index in [0.717, 1.165) is 25.6 Å². The molecule has 0 amide bonds. The Kier molecular flexibility index (Phi) is 6.72. The highest BCUT2D eigenvalue weighted by Gasteiger charge is 2.09. The van der Waals surface area contributed by atoms with Crippen LogP contribution in [0.4, 0.5) is 0 Å². The first-order valence-electron chi connectivity index (χ1n) is 7.58. The second-order valence-corrected chi connectivity index (χ2v) is 5.53. The van der Waals surface area contributed by atoms with Gasteiger partial charge < -0.3 is 0 Å². The topological polar surface area (TPSA) is 39.3 Å². The molecule has 2 bridgehead atoms. The van der Waals surface area contributed by atoms with E-state index in [-0.39, 0.29) is 0 Å². The van der Waals surface area contributed by atoms with Gasteiger partial charge in [0.25, 0.3) is 0 Å². The molecular formula is C14H28N4. The Morgan fingerprint density at radius 3 is 2.83 bits per heavy atom. The van der Waals surface area contributed by atoms with Gasteiger partial charge in [-0.25, -0.2) is 10.4 Å². The molecule has 0 saturated heterocycles. The molecule has 0 saturated carbocycles. The predicted octanol–water partition coefficient (Wildman–Crippen LogP) is 2.12. The molecule has 0 aromatic carbocycles. The average Bonchev–Trinajstić information content (AvgIpc) is 2.36. The molecule has 2 rings (SSSR count). The standard InChI is InChI=1S/C14H28N4/c1-2-5-12-18-13-6-4-9-14(8-3-1)10-7-11-15-16-17-18/h4,6,14-17H,1-3,5,7-13H2. The molecule has 4 heteroatoms. The number of rotatable bonds is 0. The van der Waals surface area contributed by atoms with Crippen LogP contribution >= 0.6 is 0 Å². The van der Waals surface area contributed by atoms with Gasteiger partial charge in [0.2, 0.25) is 0 Å². The maximum absolute atomic E-state index is 3.25. The van der Waals surface area contributed by atoms with Crippen molar-refractivity contribution in [3.8, 4) is 0 Å². The highest BCUT2D eigenvalue weighted by Crippen LogP contribution is 2.20. The highest BCUT2D eigenvalue weighted by atomic mass is 15.8. The van der Waals surface area contributed by atoms with Gasteiger partial charge in [0.1, 0.15) is 0 Å². The van der Waals surface area contributed by atoms with Crippen molar-refractivity contribution in [1.29, 1.82) is 0 Å². The molecule has 4 nitrogen and oxygen atoms in total. The van der Waals surface area contributed by atoms with Crippen LogP contribution in [0.15, 0.2) is 12.2 Å². The second-order valence-electron chi connectivity index (χ2n) is 5.53. The van der Waals surface area contributed by atoms with Crippen molar-refractivity contribution in [2.24, 2.45) is 5.92 Å². The first-order valence-corrected chi connectivity index (χ1v) is 7.58. The minimum Gasteiger partial charge on any atom is -0.243 e. The number of hydrazine groups is 3. The third kappa shape index (κ3) is 5.48. The zero-order valence-electron chi connectivity index (χ0n) is 11.5. The Bertz CT molecular complexity index is 202. The molecule has 2 heterocycles. The van der Waals surface area contributed by atoms with E-state index in [1.165, 1.54) is 51.4 Å². The Morgan fingerprint density at radius 1 is 0.944 bits per heavy atom. The van der Waals surface area contributed by atoms with E-state index < -0.39 is 0 Å². The normalized spacial score (nSPS) is 32.4. The maximum atomic E-state index is 3.25. The minimum atomic E-state index is 0.892. The molecule has 0 aromatic heterocycles. The predicted molar refractivity (Wildman–Crippen MR) is 75.4 cm³/mol. The van der Waals surface area contributed by atoms with Crippen molar-refractivity contribution in [2.45, 2.75) is 51.4 Å². The molecule has 2 aliphatic heterocycles. The molecule has 104 valence electrons. The van der Waals surface area contributed by atoms with E-state index >= 15 is 0 Å². The number of hydrogen-bond donors (Lipinski definition) is 3. The molecule has 0 spiro atoms. The van der Waals surface area contributed by atoms with E-state index in [9.17, 15) is 0 Å². The van der Waals surface area contributed by atoms with E-state index in [0.29, 0.717) is 0 Å². The number of allylic oxidation sites excluding steroid dienone is 1. The van der Waals surface area contributed by atoms with Crippen LogP contribution in [-0.2, 0) is 0 Å². The summed E-state index contributed by atoms with van der Waals surface area (Å²) < 4.78 is 0. The van der Waals surface area contributed by atoms with Crippen molar-refractivity contribution in [3.05, 3.63) is 12.2 Å². The van der Waals surface area contributed by atoms with E-state index in [1.807, 2.05) is 0 Å². The summed E-state index contributed by atoms with van der Waals surface area (Å²) in [7, 11) is 0. The Balaban J connectivity index is 1.95. The molecule has 2 aliphatic rings. The lowest BCUT2D eigenvalue weighted by molar-refractivity contribution is 0.145. The van der Waals surface area contributed by atoms with Gasteiger partial charge in [0.15, 0.2) is 0 Å². The third-order valence-electron chi connectivity index (χ3n) is 3.97. The second kappa shape index (κ2) is 8.64. The van der Waals surface area contributed by atoms with Gasteiger partial charge in [-0.3, -0.25) is 0 Å². The van der Waals surface area contributed by atoms with Crippen LogP contribution in [0.2, 0.25) is 0 Å². The summed E-state index contributed by atoms with van der Waals surface area (Å²) >= 11 is 0. The average molecular weight is 252 g/mol. The molecule has 0 fully saturated rings. The van der Waals surface area contributed by atoms with Crippen molar-refractivity contribution in [1.82, 2.24) is 21.5 Å². The van der Waals surface area contributed by atoms with Crippen LogP contribution in [0.5, 0.6) is 0 Å². The monoisotopic (exact) mass is 252 g/mol. The van der Waals surface area contributed by atoms with Crippen molar-refractivity contribution >= 4 is 0 Å². The fraction of sp³-hybridized carbons (Fsp3) is 0.857. The van der Waals surface area contributed by atoms with Crippen LogP contribution < -0.4 is 16.5 Å². The van der Waals surface area contributed by atoms with E-state index in [2.05, 4.69) is 33.7 Å². The zero-order chi connectivity index (χ0) is 12.5. The quantitative estimate of drug-likeness (QED) is 0.578. The summed E-state index contributed by atoms with van der Waals surface area (Å²) in [5.74, 6) is 0.892. The van der Waals surface area contributed by atoms with Gasteiger partial charge in [-0.05, 0) is 31.6 Å². The lowest BCUT2D eigenvalue weighted by Crippen LogP contribution is -2.53. The lowest BCUT2D eigenvalue weighted by atomic mass is 9.92. The first-order chi connectivity index (χ1) is 8.95. The molecule has 0 aromatic rings. The minimum absolute atomic E-state index is 0.892. The van der Waals surface area contributed by atoms with Crippen molar-refractivity contribution < 1.29 is 0 Å². The molecular weight excluding hydrogens is 224 g/mol. The molecule has 3 N–H and O–H groups in total. The SMILES string of the molecule is C1=CCN2CCCCCCC(C1)CCCNNN2. The van der Waals surface area contributed by atoms with Crippen LogP contribution in [0.25, 0.3) is 0 Å². The van der Waals surface area contributed by atoms with Gasteiger partial charge in [-0.1, -0.05) is 37.8 Å². The number of fused-ring (bicyclic) bond motifs is 4. The van der Waals surface area contributed by atoms with Gasteiger partial charge in [0, 0.05) is 19.6 Å². The Hall–Kier alpha value is -0.420. The van der Waals surface area contributed by atoms with E-state index in [4.69, 9.17) is 0 Å².